The van der Waals surface area contributed by atoms with Gasteiger partial charge in [0.2, 0.25) is 0 Å². The molecular weight excluding hydrogens is 438 g/mol. The smallest absolute Gasteiger partial charge is 0.324 e. The molecule has 0 spiro atoms. The van der Waals surface area contributed by atoms with Gasteiger partial charge >= 0.3 is 5.00 Å². The molecule has 0 atom stereocenters. The van der Waals surface area contributed by atoms with E-state index in [9.17, 15) is 19.7 Å². The maximum atomic E-state index is 13.0. The van der Waals surface area contributed by atoms with Crippen molar-refractivity contribution in [1.29, 1.82) is 0 Å². The molecule has 0 saturated carbocycles. The molecule has 31 heavy (non-hydrogen) atoms. The number of benzene rings is 2. The number of nitro groups is 1. The van der Waals surface area contributed by atoms with Gasteiger partial charge < -0.3 is 4.74 Å². The van der Waals surface area contributed by atoms with Crippen molar-refractivity contribution in [3.05, 3.63) is 87.3 Å². The average molecular weight is 451 g/mol. The highest BCUT2D eigenvalue weighted by atomic mass is 32.1. The highest BCUT2D eigenvalue weighted by Crippen LogP contribution is 2.28. The lowest BCUT2D eigenvalue weighted by atomic mass is 10.1. The van der Waals surface area contributed by atoms with Gasteiger partial charge in [0.25, 0.3) is 11.8 Å². The van der Waals surface area contributed by atoms with E-state index < -0.39 is 16.7 Å². The lowest BCUT2D eigenvalue weighted by Crippen LogP contribution is -2.54. The van der Waals surface area contributed by atoms with E-state index in [0.717, 1.165) is 11.3 Å². The average Bonchev–Trinajstić information content (AvgIpc) is 3.22. The van der Waals surface area contributed by atoms with E-state index in [1.807, 2.05) is 30.3 Å². The van der Waals surface area contributed by atoms with Gasteiger partial charge in [-0.3, -0.25) is 29.9 Å². The van der Waals surface area contributed by atoms with Crippen molar-refractivity contribution in [3.63, 3.8) is 0 Å². The van der Waals surface area contributed by atoms with Crippen molar-refractivity contribution in [2.45, 2.75) is 0 Å². The number of thiocarbonyl (C=S) groups is 1. The Labute approximate surface area is 185 Å². The molecule has 8 nitrogen and oxygen atoms in total. The van der Waals surface area contributed by atoms with Crippen LogP contribution in [0.1, 0.15) is 5.56 Å². The highest BCUT2D eigenvalue weighted by molar-refractivity contribution is 7.80. The number of carbonyl (C=O) groups excluding carboxylic acids is 2. The van der Waals surface area contributed by atoms with Crippen LogP contribution in [0.5, 0.6) is 11.5 Å². The third kappa shape index (κ3) is 4.34. The second-order valence-corrected chi connectivity index (χ2v) is 7.62. The SMILES string of the molecule is O=C1NC(=S)N(c2ccc(Oc3ccccc3)cc2)C(=O)/C1=C/c1csc([N+](=O)[O-])c1. The fourth-order valence-electron chi connectivity index (χ4n) is 2.86. The largest absolute Gasteiger partial charge is 0.457 e. The zero-order valence-electron chi connectivity index (χ0n) is 15.7. The fraction of sp³-hybridized carbons (Fsp3) is 0. The monoisotopic (exact) mass is 451 g/mol. The molecule has 0 bridgehead atoms. The van der Waals surface area contributed by atoms with E-state index in [0.29, 0.717) is 22.7 Å². The van der Waals surface area contributed by atoms with E-state index >= 15 is 0 Å². The van der Waals surface area contributed by atoms with Crippen LogP contribution in [-0.4, -0.2) is 21.9 Å². The zero-order chi connectivity index (χ0) is 22.0. The van der Waals surface area contributed by atoms with E-state index in [1.165, 1.54) is 22.4 Å². The third-order valence-electron chi connectivity index (χ3n) is 4.27. The summed E-state index contributed by atoms with van der Waals surface area (Å²) in [5.41, 5.74) is 0.651. The van der Waals surface area contributed by atoms with E-state index in [2.05, 4.69) is 5.32 Å². The van der Waals surface area contributed by atoms with E-state index in [-0.39, 0.29) is 15.7 Å². The van der Waals surface area contributed by atoms with Gasteiger partial charge in [0.15, 0.2) is 5.11 Å². The zero-order valence-corrected chi connectivity index (χ0v) is 17.3. The number of carbonyl (C=O) groups is 2. The second kappa shape index (κ2) is 8.46. The molecule has 2 aromatic carbocycles. The molecule has 154 valence electrons. The van der Waals surface area contributed by atoms with Gasteiger partial charge in [-0.1, -0.05) is 29.5 Å². The Kier molecular flexibility index (Phi) is 5.56. The molecule has 1 N–H and O–H groups in total. The van der Waals surface area contributed by atoms with Crippen LogP contribution in [0.4, 0.5) is 10.7 Å². The van der Waals surface area contributed by atoms with E-state index in [1.54, 1.807) is 24.3 Å². The number of thiophene rings is 1. The lowest BCUT2D eigenvalue weighted by Gasteiger charge is -2.29. The van der Waals surface area contributed by atoms with Crippen molar-refractivity contribution in [2.24, 2.45) is 0 Å². The van der Waals surface area contributed by atoms with Crippen LogP contribution in [0, 0.1) is 10.1 Å². The Morgan fingerprint density at radius 2 is 1.74 bits per heavy atom. The first-order chi connectivity index (χ1) is 14.9. The van der Waals surface area contributed by atoms with Crippen molar-refractivity contribution in [3.8, 4) is 11.5 Å². The van der Waals surface area contributed by atoms with Gasteiger partial charge in [0.05, 0.1) is 10.6 Å². The number of nitrogens with one attached hydrogen (secondary N) is 1. The Morgan fingerprint density at radius 1 is 1.06 bits per heavy atom. The van der Waals surface area contributed by atoms with Crippen LogP contribution >= 0.6 is 23.6 Å². The van der Waals surface area contributed by atoms with Gasteiger partial charge in [-0.2, -0.15) is 0 Å². The van der Waals surface area contributed by atoms with Crippen molar-refractivity contribution in [2.75, 3.05) is 4.90 Å². The number of rotatable bonds is 5. The molecule has 4 rings (SSSR count). The van der Waals surface area contributed by atoms with Crippen molar-refractivity contribution >= 4 is 57.2 Å². The van der Waals surface area contributed by atoms with Gasteiger partial charge in [-0.15, -0.1) is 0 Å². The fourth-order valence-corrected chi connectivity index (χ4v) is 3.82. The first-order valence-corrected chi connectivity index (χ1v) is 10.2. The molecule has 1 aliphatic heterocycles. The summed E-state index contributed by atoms with van der Waals surface area (Å²) in [7, 11) is 0. The summed E-state index contributed by atoms with van der Waals surface area (Å²) in [5, 5.41) is 14.7. The normalized spacial score (nSPS) is 15.2. The maximum absolute atomic E-state index is 13.0. The van der Waals surface area contributed by atoms with Gasteiger partial charge in [0.1, 0.15) is 17.1 Å². The maximum Gasteiger partial charge on any atom is 0.324 e. The first-order valence-electron chi connectivity index (χ1n) is 8.90. The van der Waals surface area contributed by atoms with Gasteiger partial charge in [0, 0.05) is 11.4 Å². The predicted octanol–water partition coefficient (Wildman–Crippen LogP) is 4.28. The number of para-hydroxylation sites is 1. The number of anilines is 1. The molecule has 0 radical (unpaired) electrons. The number of ether oxygens (including phenoxy) is 1. The van der Waals surface area contributed by atoms with Crippen molar-refractivity contribution < 1.29 is 19.2 Å². The highest BCUT2D eigenvalue weighted by Gasteiger charge is 2.34. The van der Waals surface area contributed by atoms with Crippen LogP contribution in [0.2, 0.25) is 0 Å². The summed E-state index contributed by atoms with van der Waals surface area (Å²) >= 11 is 6.09. The van der Waals surface area contributed by atoms with Crippen LogP contribution in [0.15, 0.2) is 71.6 Å². The minimum atomic E-state index is -0.663. The Bertz CT molecular complexity index is 1220. The number of amides is 2. The molecule has 2 amide bonds. The third-order valence-corrected chi connectivity index (χ3v) is 5.46. The molecular formula is C21H13N3O5S2. The van der Waals surface area contributed by atoms with Crippen molar-refractivity contribution in [1.82, 2.24) is 5.32 Å². The lowest BCUT2D eigenvalue weighted by molar-refractivity contribution is -0.380. The van der Waals surface area contributed by atoms with Crippen LogP contribution < -0.4 is 15.0 Å². The summed E-state index contributed by atoms with van der Waals surface area (Å²) in [4.78, 5) is 36.9. The number of nitrogens with zero attached hydrogens (tertiary/aromatic N) is 2. The predicted molar refractivity (Wildman–Crippen MR) is 120 cm³/mol. The molecule has 0 unspecified atom stereocenters. The number of hydrogen-bond donors (Lipinski definition) is 1. The summed E-state index contributed by atoms with van der Waals surface area (Å²) in [6.45, 7) is 0. The van der Waals surface area contributed by atoms with Crippen LogP contribution in [0.3, 0.4) is 0 Å². The molecule has 10 heteroatoms. The minimum absolute atomic E-state index is 0.0554. The second-order valence-electron chi connectivity index (χ2n) is 6.34. The molecule has 1 aromatic heterocycles. The van der Waals surface area contributed by atoms with Crippen LogP contribution in [0.25, 0.3) is 6.08 Å². The number of hydrogen-bond acceptors (Lipinski definition) is 7. The molecule has 1 fully saturated rings. The summed E-state index contributed by atoms with van der Waals surface area (Å²) < 4.78 is 5.74. The standard InChI is InChI=1S/C21H13N3O5S2/c25-19-17(10-13-11-18(24(27)28)31-12-13)20(26)23(21(30)22-19)14-6-8-16(9-7-14)29-15-4-2-1-3-5-15/h1-12H,(H,22,25,30)/b17-10+. The Balaban J connectivity index is 1.59. The topological polar surface area (TPSA) is 102 Å². The van der Waals surface area contributed by atoms with Gasteiger partial charge in [-0.25, -0.2) is 0 Å². The van der Waals surface area contributed by atoms with E-state index in [4.69, 9.17) is 17.0 Å². The van der Waals surface area contributed by atoms with Crippen LogP contribution in [-0.2, 0) is 9.59 Å². The minimum Gasteiger partial charge on any atom is -0.457 e. The molecule has 1 aliphatic rings. The quantitative estimate of drug-likeness (QED) is 0.204. The molecule has 3 aromatic rings. The Morgan fingerprint density at radius 3 is 2.39 bits per heavy atom. The summed E-state index contributed by atoms with van der Waals surface area (Å²) in [6, 6.07) is 17.2. The summed E-state index contributed by atoms with van der Waals surface area (Å²) in [5.74, 6) is -0.0543. The first kappa shape index (κ1) is 20.4. The van der Waals surface area contributed by atoms with Gasteiger partial charge in [-0.05, 0) is 60.3 Å². The molecule has 2 heterocycles. The summed E-state index contributed by atoms with van der Waals surface area (Å²) in [6.07, 6.45) is 1.31. The Hall–Kier alpha value is -3.89. The molecule has 1 saturated heterocycles. The molecule has 0 aliphatic carbocycles.